The standard InChI is InChI=1S/C13H17ClN2O2/c1-2-6-15-7-3-4-12-16-9-11(18-12)10-5-8-17-13(10)14/h5,8-9,15H,2-4,6-7H2,1H3. The van der Waals surface area contributed by atoms with Gasteiger partial charge in [-0.1, -0.05) is 6.92 Å². The van der Waals surface area contributed by atoms with Crippen molar-refractivity contribution in [2.75, 3.05) is 13.1 Å². The Morgan fingerprint density at radius 2 is 2.28 bits per heavy atom. The van der Waals surface area contributed by atoms with Gasteiger partial charge in [-0.25, -0.2) is 4.98 Å². The van der Waals surface area contributed by atoms with Gasteiger partial charge in [0.15, 0.2) is 11.7 Å². The molecule has 4 nitrogen and oxygen atoms in total. The van der Waals surface area contributed by atoms with Gasteiger partial charge in [0.25, 0.3) is 0 Å². The molecule has 0 aliphatic rings. The van der Waals surface area contributed by atoms with Crippen LogP contribution in [0.4, 0.5) is 0 Å². The molecule has 0 aromatic carbocycles. The van der Waals surface area contributed by atoms with E-state index in [4.69, 9.17) is 20.4 Å². The molecule has 0 saturated heterocycles. The minimum Gasteiger partial charge on any atom is -0.452 e. The van der Waals surface area contributed by atoms with Crippen molar-refractivity contribution in [2.45, 2.75) is 26.2 Å². The highest BCUT2D eigenvalue weighted by atomic mass is 35.5. The lowest BCUT2D eigenvalue weighted by molar-refractivity contribution is 0.490. The summed E-state index contributed by atoms with van der Waals surface area (Å²) in [6, 6.07) is 1.77. The van der Waals surface area contributed by atoms with E-state index in [-0.39, 0.29) is 0 Å². The number of aromatic nitrogens is 1. The molecular formula is C13H17ClN2O2. The van der Waals surface area contributed by atoms with E-state index in [9.17, 15) is 0 Å². The highest BCUT2D eigenvalue weighted by molar-refractivity contribution is 6.31. The van der Waals surface area contributed by atoms with Crippen LogP contribution in [0, 0.1) is 0 Å². The number of hydrogen-bond donors (Lipinski definition) is 1. The molecule has 0 unspecified atom stereocenters. The Labute approximate surface area is 111 Å². The average Bonchev–Trinajstić information content (AvgIpc) is 2.97. The van der Waals surface area contributed by atoms with Gasteiger partial charge in [-0.3, -0.25) is 0 Å². The molecule has 0 saturated carbocycles. The number of nitrogens with one attached hydrogen (secondary N) is 1. The smallest absolute Gasteiger partial charge is 0.204 e. The van der Waals surface area contributed by atoms with E-state index in [2.05, 4.69) is 17.2 Å². The van der Waals surface area contributed by atoms with Crippen molar-refractivity contribution < 1.29 is 8.83 Å². The predicted molar refractivity (Wildman–Crippen MR) is 70.7 cm³/mol. The Bertz CT molecular complexity index is 479. The van der Waals surface area contributed by atoms with Crippen molar-refractivity contribution in [3.63, 3.8) is 0 Å². The van der Waals surface area contributed by atoms with Crippen molar-refractivity contribution >= 4 is 11.6 Å². The van der Waals surface area contributed by atoms with Crippen molar-refractivity contribution in [1.82, 2.24) is 10.3 Å². The van der Waals surface area contributed by atoms with Crippen molar-refractivity contribution in [1.29, 1.82) is 0 Å². The molecule has 2 rings (SSSR count). The van der Waals surface area contributed by atoms with E-state index in [1.807, 2.05) is 0 Å². The lowest BCUT2D eigenvalue weighted by Gasteiger charge is -2.00. The second-order valence-corrected chi connectivity index (χ2v) is 4.42. The molecule has 0 aliphatic heterocycles. The van der Waals surface area contributed by atoms with Crippen molar-refractivity contribution in [3.8, 4) is 11.3 Å². The molecule has 0 spiro atoms. The van der Waals surface area contributed by atoms with E-state index in [1.54, 1.807) is 12.3 Å². The molecule has 98 valence electrons. The van der Waals surface area contributed by atoms with Gasteiger partial charge in [0.2, 0.25) is 5.22 Å². The summed E-state index contributed by atoms with van der Waals surface area (Å²) in [6.45, 7) is 4.20. The first-order valence-corrected chi connectivity index (χ1v) is 6.58. The normalized spacial score (nSPS) is 11.0. The van der Waals surface area contributed by atoms with Crippen molar-refractivity contribution in [3.05, 3.63) is 29.6 Å². The molecule has 18 heavy (non-hydrogen) atoms. The number of aryl methyl sites for hydroxylation is 1. The first kappa shape index (κ1) is 13.2. The lowest BCUT2D eigenvalue weighted by atomic mass is 10.3. The Morgan fingerprint density at radius 1 is 1.39 bits per heavy atom. The van der Waals surface area contributed by atoms with Crippen LogP contribution in [0.1, 0.15) is 25.7 Å². The highest BCUT2D eigenvalue weighted by Gasteiger charge is 2.11. The van der Waals surface area contributed by atoms with Gasteiger partial charge in [-0.05, 0) is 43.6 Å². The second kappa shape index (κ2) is 6.61. The number of rotatable bonds is 7. The highest BCUT2D eigenvalue weighted by Crippen LogP contribution is 2.29. The summed E-state index contributed by atoms with van der Waals surface area (Å²) in [7, 11) is 0. The fourth-order valence-corrected chi connectivity index (χ4v) is 1.89. The van der Waals surface area contributed by atoms with Crippen LogP contribution < -0.4 is 5.32 Å². The fraction of sp³-hybridized carbons (Fsp3) is 0.462. The summed E-state index contributed by atoms with van der Waals surface area (Å²) in [6.07, 6.45) is 6.22. The summed E-state index contributed by atoms with van der Waals surface area (Å²) < 4.78 is 10.7. The van der Waals surface area contributed by atoms with Gasteiger partial charge < -0.3 is 14.2 Å². The van der Waals surface area contributed by atoms with Gasteiger partial charge >= 0.3 is 0 Å². The Kier molecular flexibility index (Phi) is 4.84. The zero-order chi connectivity index (χ0) is 12.8. The molecular weight excluding hydrogens is 252 g/mol. The van der Waals surface area contributed by atoms with Crippen LogP contribution in [0.3, 0.4) is 0 Å². The number of halogens is 1. The van der Waals surface area contributed by atoms with E-state index in [0.717, 1.165) is 43.8 Å². The lowest BCUT2D eigenvalue weighted by Crippen LogP contribution is -2.16. The molecule has 2 aromatic heterocycles. The van der Waals surface area contributed by atoms with Crippen LogP contribution in [-0.4, -0.2) is 18.1 Å². The Hall–Kier alpha value is -1.26. The largest absolute Gasteiger partial charge is 0.452 e. The van der Waals surface area contributed by atoms with Crippen LogP contribution >= 0.6 is 11.6 Å². The van der Waals surface area contributed by atoms with Gasteiger partial charge in [0.1, 0.15) is 0 Å². The average molecular weight is 269 g/mol. The quantitative estimate of drug-likeness (QED) is 0.781. The first-order chi connectivity index (χ1) is 8.81. The summed E-state index contributed by atoms with van der Waals surface area (Å²) in [4.78, 5) is 4.24. The van der Waals surface area contributed by atoms with Crippen LogP contribution in [0.25, 0.3) is 11.3 Å². The van der Waals surface area contributed by atoms with Crippen LogP contribution in [0.2, 0.25) is 5.22 Å². The zero-order valence-electron chi connectivity index (χ0n) is 10.4. The number of oxazole rings is 1. The third-order valence-corrected chi connectivity index (χ3v) is 2.90. The third kappa shape index (κ3) is 3.37. The van der Waals surface area contributed by atoms with Crippen LogP contribution in [-0.2, 0) is 6.42 Å². The van der Waals surface area contributed by atoms with Crippen LogP contribution in [0.15, 0.2) is 27.4 Å². The number of hydrogen-bond acceptors (Lipinski definition) is 4. The van der Waals surface area contributed by atoms with Crippen molar-refractivity contribution in [2.24, 2.45) is 0 Å². The van der Waals surface area contributed by atoms with E-state index in [1.165, 1.54) is 6.26 Å². The summed E-state index contributed by atoms with van der Waals surface area (Å²) >= 11 is 5.88. The monoisotopic (exact) mass is 268 g/mol. The molecule has 2 aromatic rings. The summed E-state index contributed by atoms with van der Waals surface area (Å²) in [5, 5.41) is 3.68. The molecule has 0 amide bonds. The van der Waals surface area contributed by atoms with Crippen LogP contribution in [0.5, 0.6) is 0 Å². The van der Waals surface area contributed by atoms with Gasteiger partial charge in [-0.2, -0.15) is 0 Å². The maximum Gasteiger partial charge on any atom is 0.204 e. The molecule has 0 bridgehead atoms. The molecule has 0 fully saturated rings. The molecule has 0 atom stereocenters. The second-order valence-electron chi connectivity index (χ2n) is 4.08. The minimum atomic E-state index is 0.335. The van der Waals surface area contributed by atoms with Gasteiger partial charge in [-0.15, -0.1) is 0 Å². The summed E-state index contributed by atoms with van der Waals surface area (Å²) in [5.74, 6) is 1.39. The maximum absolute atomic E-state index is 5.88. The SMILES string of the molecule is CCCNCCCc1ncc(-c2ccoc2Cl)o1. The van der Waals surface area contributed by atoms with E-state index >= 15 is 0 Å². The predicted octanol–water partition coefficient (Wildman–Crippen LogP) is 3.52. The topological polar surface area (TPSA) is 51.2 Å². The Morgan fingerprint density at radius 3 is 3.00 bits per heavy atom. The summed E-state index contributed by atoms with van der Waals surface area (Å²) in [5.41, 5.74) is 0.750. The van der Waals surface area contributed by atoms with Gasteiger partial charge in [0.05, 0.1) is 18.0 Å². The first-order valence-electron chi connectivity index (χ1n) is 6.20. The Balaban J connectivity index is 1.85. The zero-order valence-corrected chi connectivity index (χ0v) is 11.2. The number of furan rings is 1. The minimum absolute atomic E-state index is 0.335. The van der Waals surface area contributed by atoms with E-state index < -0.39 is 0 Å². The molecule has 2 heterocycles. The van der Waals surface area contributed by atoms with E-state index in [0.29, 0.717) is 11.0 Å². The maximum atomic E-state index is 5.88. The molecule has 0 radical (unpaired) electrons. The van der Waals surface area contributed by atoms with Gasteiger partial charge in [0, 0.05) is 6.42 Å². The fourth-order valence-electron chi connectivity index (χ4n) is 1.69. The molecule has 0 aliphatic carbocycles. The third-order valence-electron chi connectivity index (χ3n) is 2.61. The number of nitrogens with zero attached hydrogens (tertiary/aromatic N) is 1. The molecule has 1 N–H and O–H groups in total. The molecule has 5 heteroatoms.